The SMILES string of the molecule is O=C1c2c(O)c(=O)ccn2N2CN1C1(/C=C/COc3c(ccc(F)c3F)[C@H]2c2ccccn2)CCC1. The standard InChI is InChI=1S/C26H22F2N4O4/c27-17-7-6-16-21(18-5-1-2-12-29-18)32-15-30(25(35)22-23(34)19(33)8-13-31(22)32)26(9-3-10-26)11-4-14-36-24(16)20(17)28/h1-2,4-8,11-13,21,34H,3,9-10,14-15H2/b11-4+/t21-/m0/s1. The van der Waals surface area contributed by atoms with Crippen LogP contribution in [-0.2, 0) is 0 Å². The number of carbonyl (C=O) groups excluding carboxylic acids is 1. The Hall–Kier alpha value is -4.21. The van der Waals surface area contributed by atoms with Crippen molar-refractivity contribution in [1.82, 2.24) is 14.6 Å². The summed E-state index contributed by atoms with van der Waals surface area (Å²) in [6.45, 7) is 0.000299. The van der Waals surface area contributed by atoms with Gasteiger partial charge in [0.05, 0.1) is 11.2 Å². The number of rotatable bonds is 1. The van der Waals surface area contributed by atoms with E-state index in [0.717, 1.165) is 18.6 Å². The molecule has 2 bridgehead atoms. The molecule has 2 aliphatic heterocycles. The molecule has 1 amide bonds. The highest BCUT2D eigenvalue weighted by Crippen LogP contribution is 2.44. The molecule has 4 heterocycles. The summed E-state index contributed by atoms with van der Waals surface area (Å²) < 4.78 is 36.6. The van der Waals surface area contributed by atoms with Gasteiger partial charge in [-0.25, -0.2) is 4.39 Å². The van der Waals surface area contributed by atoms with Gasteiger partial charge in [0.1, 0.15) is 19.3 Å². The average Bonchev–Trinajstić information content (AvgIpc) is 2.88. The number of aromatic nitrogens is 2. The van der Waals surface area contributed by atoms with Crippen LogP contribution >= 0.6 is 0 Å². The molecule has 0 unspecified atom stereocenters. The molecular formula is C26H22F2N4O4. The Morgan fingerprint density at radius 1 is 1.11 bits per heavy atom. The number of amides is 1. The van der Waals surface area contributed by atoms with Crippen molar-refractivity contribution in [3.05, 3.63) is 99.8 Å². The first-order valence-corrected chi connectivity index (χ1v) is 11.6. The van der Waals surface area contributed by atoms with E-state index in [2.05, 4.69) is 4.98 Å². The van der Waals surface area contributed by atoms with Gasteiger partial charge >= 0.3 is 0 Å². The number of hydrogen-bond acceptors (Lipinski definition) is 6. The summed E-state index contributed by atoms with van der Waals surface area (Å²) in [5.41, 5.74) is -0.800. The van der Waals surface area contributed by atoms with Crippen molar-refractivity contribution in [2.75, 3.05) is 18.3 Å². The van der Waals surface area contributed by atoms with Gasteiger partial charge in [-0.15, -0.1) is 0 Å². The van der Waals surface area contributed by atoms with E-state index in [0.29, 0.717) is 18.5 Å². The molecule has 1 aromatic carbocycles. The van der Waals surface area contributed by atoms with Crippen molar-refractivity contribution in [2.24, 2.45) is 0 Å². The summed E-state index contributed by atoms with van der Waals surface area (Å²) in [4.78, 5) is 32.2. The van der Waals surface area contributed by atoms with Gasteiger partial charge in [-0.1, -0.05) is 12.1 Å². The Morgan fingerprint density at radius 3 is 2.67 bits per heavy atom. The van der Waals surface area contributed by atoms with Gasteiger partial charge in [0.2, 0.25) is 11.2 Å². The lowest BCUT2D eigenvalue weighted by atomic mass is 9.74. The molecule has 0 saturated heterocycles. The lowest BCUT2D eigenvalue weighted by Gasteiger charge is -2.53. The monoisotopic (exact) mass is 492 g/mol. The zero-order chi connectivity index (χ0) is 25.0. The van der Waals surface area contributed by atoms with E-state index < -0.39 is 40.3 Å². The van der Waals surface area contributed by atoms with Crippen molar-refractivity contribution in [3.63, 3.8) is 0 Å². The van der Waals surface area contributed by atoms with Crippen molar-refractivity contribution in [3.8, 4) is 11.5 Å². The number of aromatic hydroxyl groups is 1. The van der Waals surface area contributed by atoms with Crippen LogP contribution in [0.1, 0.15) is 47.1 Å². The molecule has 0 radical (unpaired) electrons. The van der Waals surface area contributed by atoms with E-state index >= 15 is 4.39 Å². The van der Waals surface area contributed by atoms with Crippen LogP contribution in [0.3, 0.4) is 0 Å². The van der Waals surface area contributed by atoms with Crippen LogP contribution in [0.15, 0.2) is 65.7 Å². The lowest BCUT2D eigenvalue weighted by molar-refractivity contribution is 0.0255. The van der Waals surface area contributed by atoms with Crippen LogP contribution in [0, 0.1) is 11.6 Å². The molecule has 1 N–H and O–H groups in total. The predicted octanol–water partition coefficient (Wildman–Crippen LogP) is 3.24. The van der Waals surface area contributed by atoms with E-state index in [4.69, 9.17) is 4.74 Å². The molecule has 8 nitrogen and oxygen atoms in total. The number of pyridine rings is 2. The summed E-state index contributed by atoms with van der Waals surface area (Å²) >= 11 is 0. The van der Waals surface area contributed by atoms with E-state index in [9.17, 15) is 19.1 Å². The Kier molecular flexibility index (Phi) is 5.06. The average molecular weight is 492 g/mol. The van der Waals surface area contributed by atoms with Crippen LogP contribution < -0.4 is 15.2 Å². The summed E-state index contributed by atoms with van der Waals surface area (Å²) in [7, 11) is 0. The lowest BCUT2D eigenvalue weighted by Crippen LogP contribution is -2.64. The number of benzene rings is 1. The molecule has 1 fully saturated rings. The summed E-state index contributed by atoms with van der Waals surface area (Å²) in [6, 6.07) is 7.97. The summed E-state index contributed by atoms with van der Waals surface area (Å²) in [5.74, 6) is -3.62. The molecule has 1 spiro atoms. The van der Waals surface area contributed by atoms with Gasteiger partial charge in [-0.3, -0.25) is 24.3 Å². The van der Waals surface area contributed by atoms with Gasteiger partial charge < -0.3 is 14.7 Å². The highest BCUT2D eigenvalue weighted by atomic mass is 19.2. The zero-order valence-corrected chi connectivity index (χ0v) is 19.1. The molecular weight excluding hydrogens is 470 g/mol. The van der Waals surface area contributed by atoms with Gasteiger partial charge in [0.15, 0.2) is 23.0 Å². The van der Waals surface area contributed by atoms with Crippen LogP contribution in [0.25, 0.3) is 0 Å². The largest absolute Gasteiger partial charge is 0.502 e. The Bertz CT molecular complexity index is 1450. The Labute approximate surface area is 204 Å². The van der Waals surface area contributed by atoms with Crippen molar-refractivity contribution >= 4 is 5.91 Å². The van der Waals surface area contributed by atoms with Gasteiger partial charge in [0.25, 0.3) is 5.91 Å². The fourth-order valence-electron chi connectivity index (χ4n) is 5.27. The predicted molar refractivity (Wildman–Crippen MR) is 125 cm³/mol. The quantitative estimate of drug-likeness (QED) is 0.525. The third-order valence-electron chi connectivity index (χ3n) is 7.21. The Balaban J connectivity index is 1.67. The minimum Gasteiger partial charge on any atom is -0.502 e. The Morgan fingerprint density at radius 2 is 1.94 bits per heavy atom. The molecule has 3 aliphatic rings. The topological polar surface area (TPSA) is 87.9 Å². The fraction of sp³-hybridized carbons (Fsp3) is 0.269. The third-order valence-corrected chi connectivity index (χ3v) is 7.21. The molecule has 1 saturated carbocycles. The number of halogens is 2. The first-order valence-electron chi connectivity index (χ1n) is 11.6. The van der Waals surface area contributed by atoms with Crippen LogP contribution in [0.4, 0.5) is 8.78 Å². The van der Waals surface area contributed by atoms with E-state index in [1.165, 1.54) is 16.9 Å². The molecule has 36 heavy (non-hydrogen) atoms. The highest BCUT2D eigenvalue weighted by molar-refractivity contribution is 5.97. The second kappa shape index (κ2) is 8.18. The summed E-state index contributed by atoms with van der Waals surface area (Å²) in [5, 5.41) is 12.4. The number of fused-ring (bicyclic) bond motifs is 6. The number of carbonyl (C=O) groups is 1. The summed E-state index contributed by atoms with van der Waals surface area (Å²) in [6.07, 6.45) is 8.73. The van der Waals surface area contributed by atoms with Crippen molar-refractivity contribution < 1.29 is 23.4 Å². The number of ether oxygens (including phenoxy) is 1. The second-order valence-corrected chi connectivity index (χ2v) is 9.14. The van der Waals surface area contributed by atoms with Crippen LogP contribution in [0.5, 0.6) is 11.5 Å². The van der Waals surface area contributed by atoms with Gasteiger partial charge in [-0.2, -0.15) is 4.39 Å². The second-order valence-electron chi connectivity index (χ2n) is 9.14. The van der Waals surface area contributed by atoms with Crippen LogP contribution in [0.2, 0.25) is 0 Å². The van der Waals surface area contributed by atoms with E-state index in [1.54, 1.807) is 40.4 Å². The van der Waals surface area contributed by atoms with Crippen molar-refractivity contribution in [2.45, 2.75) is 30.8 Å². The molecule has 184 valence electrons. The normalized spacial score (nSPS) is 21.1. The maximum Gasteiger partial charge on any atom is 0.278 e. The maximum absolute atomic E-state index is 15.1. The fourth-order valence-corrected chi connectivity index (χ4v) is 5.27. The molecule has 1 aliphatic carbocycles. The maximum atomic E-state index is 15.1. The van der Waals surface area contributed by atoms with Crippen molar-refractivity contribution in [1.29, 1.82) is 0 Å². The minimum absolute atomic E-state index is 0.0395. The van der Waals surface area contributed by atoms with E-state index in [-0.39, 0.29) is 30.3 Å². The molecule has 3 aromatic rings. The molecule has 6 rings (SSSR count). The zero-order valence-electron chi connectivity index (χ0n) is 19.1. The first-order chi connectivity index (χ1) is 17.4. The third kappa shape index (κ3) is 3.20. The minimum atomic E-state index is -1.13. The number of hydrogen-bond donors (Lipinski definition) is 1. The molecule has 2 aromatic heterocycles. The van der Waals surface area contributed by atoms with Gasteiger partial charge in [-0.05, 0) is 49.6 Å². The number of nitrogens with zero attached hydrogens (tertiary/aromatic N) is 4. The van der Waals surface area contributed by atoms with Crippen LogP contribution in [-0.4, -0.2) is 44.4 Å². The van der Waals surface area contributed by atoms with Gasteiger partial charge in [0, 0.05) is 24.0 Å². The molecule has 1 atom stereocenters. The highest BCUT2D eigenvalue weighted by Gasteiger charge is 2.49. The smallest absolute Gasteiger partial charge is 0.278 e. The molecule has 10 heteroatoms. The van der Waals surface area contributed by atoms with E-state index in [1.807, 2.05) is 6.08 Å². The first kappa shape index (κ1) is 22.3.